The molecule has 9 heteroatoms. The van der Waals surface area contributed by atoms with E-state index >= 15 is 8.78 Å². The van der Waals surface area contributed by atoms with Crippen molar-refractivity contribution in [2.45, 2.75) is 69.6 Å². The highest BCUT2D eigenvalue weighted by Gasteiger charge is 2.51. The summed E-state index contributed by atoms with van der Waals surface area (Å²) < 4.78 is 57.6. The van der Waals surface area contributed by atoms with E-state index < -0.39 is 41.4 Å². The SMILES string of the molecule is CC[C@@H]1C[C@@H](C2CCC(F)(F)CC2)[C@H](c2cc(=O)c3c(C(=O)NC)nccc3[nH]2)CC1(F)F. The van der Waals surface area contributed by atoms with Crippen LogP contribution in [0.3, 0.4) is 0 Å². The number of H-pyrrole nitrogens is 1. The molecule has 2 aliphatic carbocycles. The smallest absolute Gasteiger partial charge is 0.270 e. The minimum absolute atomic E-state index is 0.0334. The molecule has 2 aromatic heterocycles. The van der Waals surface area contributed by atoms with Crippen LogP contribution in [0.2, 0.25) is 0 Å². The van der Waals surface area contributed by atoms with Gasteiger partial charge in [-0.15, -0.1) is 0 Å². The lowest BCUT2D eigenvalue weighted by atomic mass is 9.62. The topological polar surface area (TPSA) is 74.8 Å². The molecule has 4 rings (SSSR count). The van der Waals surface area contributed by atoms with Gasteiger partial charge in [-0.3, -0.25) is 14.6 Å². The molecule has 2 N–H and O–H groups in total. The van der Waals surface area contributed by atoms with E-state index in [2.05, 4.69) is 15.3 Å². The first-order valence-corrected chi connectivity index (χ1v) is 11.6. The Morgan fingerprint density at radius 2 is 1.94 bits per heavy atom. The molecule has 180 valence electrons. The highest BCUT2D eigenvalue weighted by Crippen LogP contribution is 2.54. The van der Waals surface area contributed by atoms with Gasteiger partial charge >= 0.3 is 0 Å². The number of fused-ring (bicyclic) bond motifs is 1. The summed E-state index contributed by atoms with van der Waals surface area (Å²) in [5.74, 6) is -7.92. The summed E-state index contributed by atoms with van der Waals surface area (Å²) in [6.45, 7) is 1.73. The maximum absolute atomic E-state index is 15.0. The van der Waals surface area contributed by atoms with Crippen molar-refractivity contribution in [2.75, 3.05) is 7.05 Å². The molecule has 0 aromatic carbocycles. The van der Waals surface area contributed by atoms with E-state index in [4.69, 9.17) is 0 Å². The predicted octanol–water partition coefficient (Wildman–Crippen LogP) is 5.26. The highest BCUT2D eigenvalue weighted by molar-refractivity contribution is 6.04. The number of nitrogens with one attached hydrogen (secondary N) is 2. The minimum Gasteiger partial charge on any atom is -0.358 e. The molecule has 1 amide bonds. The summed E-state index contributed by atoms with van der Waals surface area (Å²) in [5.41, 5.74) is 0.216. The Bertz CT molecular complexity index is 1090. The Kier molecular flexibility index (Phi) is 6.26. The lowest BCUT2D eigenvalue weighted by Gasteiger charge is -2.46. The van der Waals surface area contributed by atoms with Gasteiger partial charge < -0.3 is 10.3 Å². The quantitative estimate of drug-likeness (QED) is 0.602. The average molecular weight is 468 g/mol. The number of aromatic amines is 1. The number of carbonyl (C=O) groups is 1. The molecule has 0 bridgehead atoms. The van der Waals surface area contributed by atoms with Gasteiger partial charge in [-0.25, -0.2) is 17.6 Å². The van der Waals surface area contributed by atoms with Gasteiger partial charge in [0.2, 0.25) is 5.92 Å². The minimum atomic E-state index is -2.91. The van der Waals surface area contributed by atoms with Crippen LogP contribution in [0.5, 0.6) is 0 Å². The lowest BCUT2D eigenvalue weighted by Crippen LogP contribution is -2.43. The summed E-state index contributed by atoms with van der Waals surface area (Å²) in [4.78, 5) is 32.3. The zero-order valence-corrected chi connectivity index (χ0v) is 18.8. The number of hydrogen-bond acceptors (Lipinski definition) is 3. The summed E-state index contributed by atoms with van der Waals surface area (Å²) in [5, 5.41) is 2.54. The maximum atomic E-state index is 15.0. The Hall–Kier alpha value is -2.45. The van der Waals surface area contributed by atoms with Gasteiger partial charge in [-0.2, -0.15) is 0 Å². The van der Waals surface area contributed by atoms with E-state index in [-0.39, 0.29) is 42.2 Å². The van der Waals surface area contributed by atoms with Crippen LogP contribution in [0, 0.1) is 17.8 Å². The summed E-state index contributed by atoms with van der Waals surface area (Å²) in [6, 6.07) is 2.83. The molecule has 0 unspecified atom stereocenters. The molecule has 3 atom stereocenters. The fourth-order valence-corrected chi connectivity index (χ4v) is 5.80. The van der Waals surface area contributed by atoms with Crippen molar-refractivity contribution in [1.82, 2.24) is 15.3 Å². The Morgan fingerprint density at radius 1 is 1.24 bits per heavy atom. The zero-order valence-electron chi connectivity index (χ0n) is 18.8. The van der Waals surface area contributed by atoms with E-state index in [1.807, 2.05) is 0 Å². The number of hydrogen-bond donors (Lipinski definition) is 2. The summed E-state index contributed by atoms with van der Waals surface area (Å²) >= 11 is 0. The normalized spacial score (nSPS) is 27.4. The Balaban J connectivity index is 1.76. The van der Waals surface area contributed by atoms with Crippen LogP contribution in [0.25, 0.3) is 10.9 Å². The molecule has 2 aromatic rings. The molecule has 33 heavy (non-hydrogen) atoms. The first kappa shape index (κ1) is 23.7. The van der Waals surface area contributed by atoms with Gasteiger partial charge in [0.25, 0.3) is 11.8 Å². The van der Waals surface area contributed by atoms with Crippen LogP contribution in [-0.4, -0.2) is 34.8 Å². The molecule has 0 saturated heterocycles. The number of nitrogens with zero attached hydrogens (tertiary/aromatic N) is 1. The maximum Gasteiger partial charge on any atom is 0.270 e. The van der Waals surface area contributed by atoms with Gasteiger partial charge in [0.1, 0.15) is 5.69 Å². The second kappa shape index (κ2) is 8.72. The van der Waals surface area contributed by atoms with Gasteiger partial charge in [0.05, 0.1) is 10.9 Å². The second-order valence-electron chi connectivity index (χ2n) is 9.52. The standard InChI is InChI=1S/C24H29F4N3O2/c1-3-14-10-15(13-4-7-23(25,26)8-5-13)16(12-24(14,27)28)18-11-19(32)20-17(31-18)6-9-30-21(20)22(33)29-2/h6,9,11,13-16H,3-5,7-8,10,12H2,1-2H3,(H,29,33)(H,31,32)/t14-,15+,16-/m1/s1. The van der Waals surface area contributed by atoms with E-state index in [1.165, 1.54) is 19.3 Å². The van der Waals surface area contributed by atoms with Crippen molar-refractivity contribution in [3.8, 4) is 0 Å². The molecule has 5 nitrogen and oxygen atoms in total. The monoisotopic (exact) mass is 467 g/mol. The first-order chi connectivity index (χ1) is 15.6. The number of carbonyl (C=O) groups excluding carboxylic acids is 1. The largest absolute Gasteiger partial charge is 0.358 e. The van der Waals surface area contributed by atoms with Crippen LogP contribution in [0.1, 0.15) is 74.0 Å². The van der Waals surface area contributed by atoms with Crippen molar-refractivity contribution in [3.05, 3.63) is 39.9 Å². The third kappa shape index (κ3) is 4.51. The number of aromatic nitrogens is 2. The fourth-order valence-electron chi connectivity index (χ4n) is 5.80. The highest BCUT2D eigenvalue weighted by atomic mass is 19.3. The number of amides is 1. The van der Waals surface area contributed by atoms with Crippen LogP contribution >= 0.6 is 0 Å². The lowest BCUT2D eigenvalue weighted by molar-refractivity contribution is -0.122. The van der Waals surface area contributed by atoms with Crippen molar-refractivity contribution >= 4 is 16.8 Å². The van der Waals surface area contributed by atoms with Gasteiger partial charge in [0.15, 0.2) is 5.43 Å². The third-order valence-electron chi connectivity index (χ3n) is 7.63. The van der Waals surface area contributed by atoms with Gasteiger partial charge in [-0.1, -0.05) is 6.92 Å². The van der Waals surface area contributed by atoms with E-state index in [0.29, 0.717) is 30.5 Å². The molecular formula is C24H29F4N3O2. The molecule has 0 radical (unpaired) electrons. The molecule has 2 heterocycles. The molecule has 2 aliphatic rings. The summed E-state index contributed by atoms with van der Waals surface area (Å²) in [7, 11) is 1.43. The van der Waals surface area contributed by atoms with E-state index in [1.54, 1.807) is 13.0 Å². The number of halogens is 4. The predicted molar refractivity (Wildman–Crippen MR) is 117 cm³/mol. The Labute approximate surface area is 189 Å². The van der Waals surface area contributed by atoms with Gasteiger partial charge in [-0.05, 0) is 43.6 Å². The molecule has 2 saturated carbocycles. The van der Waals surface area contributed by atoms with Crippen LogP contribution < -0.4 is 10.7 Å². The first-order valence-electron chi connectivity index (χ1n) is 11.6. The fraction of sp³-hybridized carbons (Fsp3) is 0.625. The zero-order chi connectivity index (χ0) is 24.0. The van der Waals surface area contributed by atoms with Crippen LogP contribution in [0.4, 0.5) is 17.6 Å². The van der Waals surface area contributed by atoms with Crippen molar-refractivity contribution < 1.29 is 22.4 Å². The summed E-state index contributed by atoms with van der Waals surface area (Å²) in [6.07, 6.45) is 1.62. The van der Waals surface area contributed by atoms with Crippen LogP contribution in [0.15, 0.2) is 23.1 Å². The Morgan fingerprint density at radius 3 is 2.58 bits per heavy atom. The van der Waals surface area contributed by atoms with E-state index in [0.717, 1.165) is 0 Å². The van der Waals surface area contributed by atoms with Crippen LogP contribution in [-0.2, 0) is 0 Å². The molecule has 0 aliphatic heterocycles. The number of alkyl halides is 4. The molecular weight excluding hydrogens is 438 g/mol. The third-order valence-corrected chi connectivity index (χ3v) is 7.63. The van der Waals surface area contributed by atoms with Crippen molar-refractivity contribution in [1.29, 1.82) is 0 Å². The van der Waals surface area contributed by atoms with E-state index in [9.17, 15) is 18.4 Å². The number of rotatable bonds is 4. The van der Waals surface area contributed by atoms with Crippen molar-refractivity contribution in [2.24, 2.45) is 17.8 Å². The van der Waals surface area contributed by atoms with Gasteiger partial charge in [0, 0.05) is 56.1 Å². The average Bonchev–Trinajstić information content (AvgIpc) is 2.77. The van der Waals surface area contributed by atoms with Crippen molar-refractivity contribution in [3.63, 3.8) is 0 Å². The second-order valence-corrected chi connectivity index (χ2v) is 9.52. The molecule has 0 spiro atoms. The number of pyridine rings is 2. The molecule has 2 fully saturated rings.